The van der Waals surface area contributed by atoms with E-state index < -0.39 is 0 Å². The van der Waals surface area contributed by atoms with Crippen LogP contribution in [0.15, 0.2) is 48.0 Å². The van der Waals surface area contributed by atoms with Crippen molar-refractivity contribution in [3.05, 3.63) is 64.7 Å². The van der Waals surface area contributed by atoms with Gasteiger partial charge in [-0.3, -0.25) is 0 Å². The lowest BCUT2D eigenvalue weighted by Crippen LogP contribution is -1.95. The molecule has 0 heterocycles. The fraction of sp³-hybridized carbons (Fsp3) is 0.292. The smallest absolute Gasteiger partial charge is 0.161 e. The number of hydrogen-bond donors (Lipinski definition) is 0. The van der Waals surface area contributed by atoms with Gasteiger partial charge in [0.15, 0.2) is 11.5 Å². The van der Waals surface area contributed by atoms with E-state index in [4.69, 9.17) is 14.2 Å². The third-order valence-electron chi connectivity index (χ3n) is 5.05. The highest BCUT2D eigenvalue weighted by atomic mass is 16.5. The van der Waals surface area contributed by atoms with Gasteiger partial charge in [-0.1, -0.05) is 23.8 Å². The Morgan fingerprint density at radius 3 is 2.07 bits per heavy atom. The monoisotopic (exact) mass is 375 g/mol. The molecule has 0 aromatic heterocycles. The number of nitriles is 1. The summed E-state index contributed by atoms with van der Waals surface area (Å²) in [5.41, 5.74) is 5.18. The van der Waals surface area contributed by atoms with Crippen molar-refractivity contribution >= 4 is 11.6 Å². The van der Waals surface area contributed by atoms with E-state index in [1.807, 2.05) is 30.3 Å². The van der Waals surface area contributed by atoms with Crippen LogP contribution in [0.3, 0.4) is 0 Å². The van der Waals surface area contributed by atoms with Crippen molar-refractivity contribution in [3.63, 3.8) is 0 Å². The van der Waals surface area contributed by atoms with Gasteiger partial charge in [0.05, 0.1) is 27.4 Å². The van der Waals surface area contributed by atoms with Gasteiger partial charge in [-0.05, 0) is 66.6 Å². The van der Waals surface area contributed by atoms with Gasteiger partial charge in [-0.2, -0.15) is 5.26 Å². The first-order chi connectivity index (χ1) is 13.7. The lowest BCUT2D eigenvalue weighted by Gasteiger charge is -2.14. The van der Waals surface area contributed by atoms with Crippen molar-refractivity contribution in [2.45, 2.75) is 25.7 Å². The molecule has 0 bridgehead atoms. The van der Waals surface area contributed by atoms with Crippen molar-refractivity contribution in [2.24, 2.45) is 0 Å². The highest BCUT2D eigenvalue weighted by Gasteiger charge is 2.13. The maximum Gasteiger partial charge on any atom is 0.161 e. The summed E-state index contributed by atoms with van der Waals surface area (Å²) < 4.78 is 16.3. The molecule has 144 valence electrons. The number of nitrogens with zero attached hydrogens (tertiary/aromatic N) is 1. The van der Waals surface area contributed by atoms with Crippen LogP contribution in [-0.4, -0.2) is 21.3 Å². The second kappa shape index (κ2) is 9.14. The average Bonchev–Trinajstić information content (AvgIpc) is 3.24. The summed E-state index contributed by atoms with van der Waals surface area (Å²) in [7, 11) is 4.90. The van der Waals surface area contributed by atoms with E-state index in [2.05, 4.69) is 18.2 Å². The number of allylic oxidation sites excluding steroid dienone is 2. The van der Waals surface area contributed by atoms with E-state index in [1.54, 1.807) is 27.4 Å². The summed E-state index contributed by atoms with van der Waals surface area (Å²) >= 11 is 0. The third-order valence-corrected chi connectivity index (χ3v) is 5.05. The summed E-state index contributed by atoms with van der Waals surface area (Å²) in [6, 6.07) is 13.9. The van der Waals surface area contributed by atoms with Crippen molar-refractivity contribution < 1.29 is 14.2 Å². The van der Waals surface area contributed by atoms with Gasteiger partial charge in [-0.25, -0.2) is 0 Å². The predicted molar refractivity (Wildman–Crippen MR) is 112 cm³/mol. The molecule has 0 atom stereocenters. The van der Waals surface area contributed by atoms with Gasteiger partial charge < -0.3 is 14.2 Å². The summed E-state index contributed by atoms with van der Waals surface area (Å²) in [5.74, 6) is 2.13. The molecule has 0 spiro atoms. The highest BCUT2D eigenvalue weighted by molar-refractivity contribution is 5.83. The van der Waals surface area contributed by atoms with Crippen molar-refractivity contribution in [1.29, 1.82) is 5.26 Å². The molecule has 4 nitrogen and oxygen atoms in total. The maximum absolute atomic E-state index is 9.37. The molecular weight excluding hydrogens is 350 g/mol. The second-order valence-corrected chi connectivity index (χ2v) is 6.72. The van der Waals surface area contributed by atoms with Crippen LogP contribution in [0.2, 0.25) is 0 Å². The Balaban J connectivity index is 2.07. The molecule has 1 saturated carbocycles. The van der Waals surface area contributed by atoms with Crippen LogP contribution in [0.5, 0.6) is 17.2 Å². The molecule has 2 aromatic carbocycles. The van der Waals surface area contributed by atoms with E-state index in [1.165, 1.54) is 18.4 Å². The van der Waals surface area contributed by atoms with Crippen molar-refractivity contribution in [3.8, 4) is 23.3 Å². The molecule has 4 heteroatoms. The lowest BCUT2D eigenvalue weighted by atomic mass is 9.95. The van der Waals surface area contributed by atoms with E-state index in [-0.39, 0.29) is 0 Å². The summed E-state index contributed by atoms with van der Waals surface area (Å²) in [4.78, 5) is 0. The largest absolute Gasteiger partial charge is 0.496 e. The fourth-order valence-corrected chi connectivity index (χ4v) is 3.61. The number of rotatable bonds is 6. The van der Waals surface area contributed by atoms with Crippen LogP contribution in [0.1, 0.15) is 42.4 Å². The van der Waals surface area contributed by atoms with E-state index in [0.29, 0.717) is 11.5 Å². The Morgan fingerprint density at radius 2 is 1.46 bits per heavy atom. The maximum atomic E-state index is 9.37. The van der Waals surface area contributed by atoms with Gasteiger partial charge in [-0.15, -0.1) is 0 Å². The lowest BCUT2D eigenvalue weighted by molar-refractivity contribution is 0.355. The Hall–Kier alpha value is -3.19. The molecule has 3 rings (SSSR count). The Kier molecular flexibility index (Phi) is 6.39. The first-order valence-corrected chi connectivity index (χ1v) is 9.40. The highest BCUT2D eigenvalue weighted by Crippen LogP contribution is 2.35. The standard InChI is InChI=1S/C24H25NO3/c1-26-22-10-8-18(15-20(22)14-17-6-4-5-7-17)21(12-13-25)19-9-11-23(27-2)24(16-19)28-3/h8-12,14-16H,4-7H2,1-3H3. The van der Waals surface area contributed by atoms with Gasteiger partial charge >= 0.3 is 0 Å². The molecule has 0 amide bonds. The molecule has 28 heavy (non-hydrogen) atoms. The molecule has 2 aromatic rings. The molecule has 1 fully saturated rings. The Bertz CT molecular complexity index is 943. The molecule has 0 N–H and O–H groups in total. The molecule has 1 aliphatic rings. The molecule has 0 aliphatic heterocycles. The van der Waals surface area contributed by atoms with E-state index in [0.717, 1.165) is 40.9 Å². The molecular formula is C24H25NO3. The van der Waals surface area contributed by atoms with Crippen LogP contribution in [0.25, 0.3) is 11.6 Å². The van der Waals surface area contributed by atoms with Gasteiger partial charge in [0.2, 0.25) is 0 Å². The predicted octanol–water partition coefficient (Wildman–Crippen LogP) is 5.63. The molecule has 0 unspecified atom stereocenters. The second-order valence-electron chi connectivity index (χ2n) is 6.72. The minimum absolute atomic E-state index is 0.630. The zero-order chi connectivity index (χ0) is 19.9. The SMILES string of the molecule is COc1ccc(C(=CC#N)c2ccc(OC)c(OC)c2)cc1C=C1CCCC1. The number of hydrogen-bond acceptors (Lipinski definition) is 4. The minimum Gasteiger partial charge on any atom is -0.496 e. The summed E-state index contributed by atoms with van der Waals surface area (Å²) in [6.07, 6.45) is 8.58. The van der Waals surface area contributed by atoms with Gasteiger partial charge in [0.1, 0.15) is 5.75 Å². The molecule has 0 radical (unpaired) electrons. The third kappa shape index (κ3) is 4.20. The molecule has 1 aliphatic carbocycles. The van der Waals surface area contributed by atoms with Crippen LogP contribution in [0.4, 0.5) is 0 Å². The molecule has 0 saturated heterocycles. The average molecular weight is 375 g/mol. The number of ether oxygens (including phenoxy) is 3. The quantitative estimate of drug-likeness (QED) is 0.615. The number of benzene rings is 2. The van der Waals surface area contributed by atoms with Crippen LogP contribution < -0.4 is 14.2 Å². The van der Waals surface area contributed by atoms with Crippen LogP contribution >= 0.6 is 0 Å². The topological polar surface area (TPSA) is 51.5 Å². The normalized spacial score (nSPS) is 13.8. The Labute approximate surface area is 166 Å². The minimum atomic E-state index is 0.630. The Morgan fingerprint density at radius 1 is 0.857 bits per heavy atom. The van der Waals surface area contributed by atoms with Crippen LogP contribution in [0, 0.1) is 11.3 Å². The van der Waals surface area contributed by atoms with Crippen molar-refractivity contribution in [2.75, 3.05) is 21.3 Å². The summed E-state index contributed by atoms with van der Waals surface area (Å²) in [5, 5.41) is 9.37. The zero-order valence-corrected chi connectivity index (χ0v) is 16.6. The van der Waals surface area contributed by atoms with Gasteiger partial charge in [0.25, 0.3) is 0 Å². The zero-order valence-electron chi connectivity index (χ0n) is 16.6. The van der Waals surface area contributed by atoms with E-state index in [9.17, 15) is 5.26 Å². The van der Waals surface area contributed by atoms with Gasteiger partial charge in [0, 0.05) is 11.6 Å². The van der Waals surface area contributed by atoms with E-state index >= 15 is 0 Å². The number of methoxy groups -OCH3 is 3. The summed E-state index contributed by atoms with van der Waals surface area (Å²) in [6.45, 7) is 0. The van der Waals surface area contributed by atoms with Crippen LogP contribution in [-0.2, 0) is 0 Å². The first kappa shape index (κ1) is 19.6. The fourth-order valence-electron chi connectivity index (χ4n) is 3.61. The van der Waals surface area contributed by atoms with Crippen molar-refractivity contribution in [1.82, 2.24) is 0 Å². The first-order valence-electron chi connectivity index (χ1n) is 9.40.